The van der Waals surface area contributed by atoms with Crippen molar-refractivity contribution in [1.29, 1.82) is 5.26 Å². The predicted octanol–water partition coefficient (Wildman–Crippen LogP) is 3.23. The van der Waals surface area contributed by atoms with Crippen molar-refractivity contribution in [2.45, 2.75) is 6.42 Å². The summed E-state index contributed by atoms with van der Waals surface area (Å²) in [5.74, 6) is -3.03. The molecule has 2 nitrogen and oxygen atoms in total. The maximum atomic E-state index is 14.0. The minimum atomic E-state index is -1.15. The minimum Gasteiger partial charge on any atom is -0.253 e. The Hall–Kier alpha value is -2.35. The van der Waals surface area contributed by atoms with Crippen LogP contribution >= 0.6 is 0 Å². The summed E-state index contributed by atoms with van der Waals surface area (Å²) in [6.07, 6.45) is 1.10. The summed E-state index contributed by atoms with van der Waals surface area (Å²) in [4.78, 5) is 3.70. The number of halogens is 3. The number of nitriles is 1. The van der Waals surface area contributed by atoms with Gasteiger partial charge in [0.15, 0.2) is 17.5 Å². The lowest BCUT2D eigenvalue weighted by atomic mass is 10.1. The van der Waals surface area contributed by atoms with Crippen molar-refractivity contribution in [3.8, 4) is 17.3 Å². The average molecular weight is 248 g/mol. The van der Waals surface area contributed by atoms with Crippen molar-refractivity contribution in [3.63, 3.8) is 0 Å². The minimum absolute atomic E-state index is 0.103. The molecule has 2 rings (SSSR count). The lowest BCUT2D eigenvalue weighted by Crippen LogP contribution is -1.98. The summed E-state index contributed by atoms with van der Waals surface area (Å²) in [7, 11) is 0. The molecule has 0 N–H and O–H groups in total. The second-order valence-corrected chi connectivity index (χ2v) is 3.57. The van der Waals surface area contributed by atoms with Gasteiger partial charge in [-0.25, -0.2) is 13.2 Å². The molecule has 1 aromatic carbocycles. The summed E-state index contributed by atoms with van der Waals surface area (Å²) in [5.41, 5.74) is -0.446. The Balaban J connectivity index is 2.62. The molecule has 0 amide bonds. The van der Waals surface area contributed by atoms with Crippen molar-refractivity contribution < 1.29 is 13.2 Å². The first-order chi connectivity index (χ1) is 8.65. The van der Waals surface area contributed by atoms with Gasteiger partial charge in [0.2, 0.25) is 0 Å². The molecule has 90 valence electrons. The molecular weight excluding hydrogens is 241 g/mol. The van der Waals surface area contributed by atoms with Gasteiger partial charge in [-0.3, -0.25) is 4.98 Å². The monoisotopic (exact) mass is 248 g/mol. The third-order valence-electron chi connectivity index (χ3n) is 2.45. The molecule has 0 atom stereocenters. The molecule has 5 heteroatoms. The highest BCUT2D eigenvalue weighted by molar-refractivity contribution is 5.61. The molecule has 0 radical (unpaired) electrons. The third-order valence-corrected chi connectivity index (χ3v) is 2.45. The van der Waals surface area contributed by atoms with Crippen LogP contribution in [0.25, 0.3) is 11.3 Å². The molecule has 0 aliphatic heterocycles. The van der Waals surface area contributed by atoms with Crippen LogP contribution in [0, 0.1) is 28.8 Å². The second kappa shape index (κ2) is 4.88. The normalized spacial score (nSPS) is 10.1. The van der Waals surface area contributed by atoms with Gasteiger partial charge in [0.1, 0.15) is 5.69 Å². The number of rotatable bonds is 2. The Bertz CT molecular complexity index is 633. The largest absolute Gasteiger partial charge is 0.253 e. The molecule has 1 aromatic heterocycles. The molecule has 18 heavy (non-hydrogen) atoms. The maximum Gasteiger partial charge on any atom is 0.168 e. The van der Waals surface area contributed by atoms with Crippen molar-refractivity contribution in [3.05, 3.63) is 53.5 Å². The number of aromatic nitrogens is 1. The van der Waals surface area contributed by atoms with E-state index in [4.69, 9.17) is 5.26 Å². The smallest absolute Gasteiger partial charge is 0.168 e. The Labute approximate surface area is 101 Å². The Morgan fingerprint density at radius 1 is 1.11 bits per heavy atom. The molecule has 0 aliphatic rings. The van der Waals surface area contributed by atoms with E-state index in [-0.39, 0.29) is 23.2 Å². The molecule has 0 aliphatic carbocycles. The molecule has 0 saturated carbocycles. The first kappa shape index (κ1) is 12.1. The van der Waals surface area contributed by atoms with E-state index in [0.29, 0.717) is 0 Å². The van der Waals surface area contributed by atoms with Gasteiger partial charge < -0.3 is 0 Å². The fourth-order valence-electron chi connectivity index (χ4n) is 1.58. The number of pyridine rings is 1. The molecule has 0 unspecified atom stereocenters. The van der Waals surface area contributed by atoms with Crippen LogP contribution in [0.5, 0.6) is 0 Å². The predicted molar refractivity (Wildman–Crippen MR) is 58.9 cm³/mol. The van der Waals surface area contributed by atoms with E-state index in [0.717, 1.165) is 6.07 Å². The Morgan fingerprint density at radius 3 is 2.61 bits per heavy atom. The Kier molecular flexibility index (Phi) is 3.28. The molecule has 1 heterocycles. The van der Waals surface area contributed by atoms with E-state index < -0.39 is 17.5 Å². The molecule has 0 bridgehead atoms. The zero-order valence-electron chi connectivity index (χ0n) is 9.12. The van der Waals surface area contributed by atoms with Crippen LogP contribution in [0.15, 0.2) is 30.5 Å². The van der Waals surface area contributed by atoms with Gasteiger partial charge >= 0.3 is 0 Å². The van der Waals surface area contributed by atoms with E-state index in [1.54, 1.807) is 6.07 Å². The quantitative estimate of drug-likeness (QED) is 0.818. The summed E-state index contributed by atoms with van der Waals surface area (Å²) in [6.45, 7) is 0. The number of hydrogen-bond donors (Lipinski definition) is 0. The highest BCUT2D eigenvalue weighted by atomic mass is 19.2. The fraction of sp³-hybridized carbons (Fsp3) is 0.0769. The van der Waals surface area contributed by atoms with Crippen LogP contribution in [0.2, 0.25) is 0 Å². The maximum absolute atomic E-state index is 14.0. The van der Waals surface area contributed by atoms with Crippen molar-refractivity contribution in [1.82, 2.24) is 4.98 Å². The molecule has 0 fully saturated rings. The van der Waals surface area contributed by atoms with Crippen molar-refractivity contribution >= 4 is 0 Å². The second-order valence-electron chi connectivity index (χ2n) is 3.57. The number of nitrogens with zero attached hydrogens (tertiary/aromatic N) is 2. The lowest BCUT2D eigenvalue weighted by molar-refractivity contribution is 0.509. The van der Waals surface area contributed by atoms with Crippen LogP contribution in [-0.4, -0.2) is 4.98 Å². The zero-order chi connectivity index (χ0) is 13.1. The van der Waals surface area contributed by atoms with Gasteiger partial charge in [-0.05, 0) is 18.2 Å². The van der Waals surface area contributed by atoms with Gasteiger partial charge in [0.05, 0.1) is 12.5 Å². The molecule has 2 aromatic rings. The van der Waals surface area contributed by atoms with Crippen LogP contribution in [0.3, 0.4) is 0 Å². The lowest BCUT2D eigenvalue weighted by Gasteiger charge is -2.06. The summed E-state index contributed by atoms with van der Waals surface area (Å²) < 4.78 is 40.6. The Morgan fingerprint density at radius 2 is 1.89 bits per heavy atom. The van der Waals surface area contributed by atoms with E-state index >= 15 is 0 Å². The topological polar surface area (TPSA) is 36.7 Å². The van der Waals surface area contributed by atoms with Crippen LogP contribution in [-0.2, 0) is 6.42 Å². The van der Waals surface area contributed by atoms with Crippen LogP contribution < -0.4 is 0 Å². The summed E-state index contributed by atoms with van der Waals surface area (Å²) in [6, 6.07) is 6.57. The third kappa shape index (κ3) is 2.05. The summed E-state index contributed by atoms with van der Waals surface area (Å²) >= 11 is 0. The first-order valence-electron chi connectivity index (χ1n) is 5.10. The van der Waals surface area contributed by atoms with Gasteiger partial charge in [-0.15, -0.1) is 0 Å². The van der Waals surface area contributed by atoms with Gasteiger partial charge in [0.25, 0.3) is 0 Å². The van der Waals surface area contributed by atoms with Crippen LogP contribution in [0.4, 0.5) is 13.2 Å². The number of hydrogen-bond acceptors (Lipinski definition) is 2. The average Bonchev–Trinajstić information content (AvgIpc) is 2.36. The van der Waals surface area contributed by atoms with Gasteiger partial charge in [0, 0.05) is 17.3 Å². The van der Waals surface area contributed by atoms with Gasteiger partial charge in [-0.2, -0.15) is 5.26 Å². The summed E-state index contributed by atoms with van der Waals surface area (Å²) in [5, 5.41) is 8.53. The van der Waals surface area contributed by atoms with E-state index in [9.17, 15) is 13.2 Å². The molecule has 0 spiro atoms. The van der Waals surface area contributed by atoms with E-state index in [1.807, 2.05) is 0 Å². The molecule has 0 saturated heterocycles. The highest BCUT2D eigenvalue weighted by Crippen LogP contribution is 2.26. The fourth-order valence-corrected chi connectivity index (χ4v) is 1.58. The first-order valence-corrected chi connectivity index (χ1v) is 5.10. The molecular formula is C13H7F3N2. The zero-order valence-corrected chi connectivity index (χ0v) is 9.12. The van der Waals surface area contributed by atoms with Crippen LogP contribution in [0.1, 0.15) is 5.56 Å². The van der Waals surface area contributed by atoms with E-state index in [1.165, 1.54) is 24.4 Å². The number of benzene rings is 1. The van der Waals surface area contributed by atoms with Crippen molar-refractivity contribution in [2.75, 3.05) is 0 Å². The SMILES string of the molecule is N#CCc1ccnc(-c2cccc(F)c2F)c1F. The van der Waals surface area contributed by atoms with Crippen molar-refractivity contribution in [2.24, 2.45) is 0 Å². The van der Waals surface area contributed by atoms with Gasteiger partial charge in [-0.1, -0.05) is 6.07 Å². The van der Waals surface area contributed by atoms with E-state index in [2.05, 4.69) is 4.98 Å². The highest BCUT2D eigenvalue weighted by Gasteiger charge is 2.16. The standard InChI is InChI=1S/C13H7F3N2/c14-10-3-1-2-9(12(10)16)13-11(15)8(4-6-17)5-7-18-13/h1-3,5,7H,4H2.